The van der Waals surface area contributed by atoms with Crippen molar-refractivity contribution in [3.63, 3.8) is 0 Å². The zero-order valence-electron chi connectivity index (χ0n) is 11.6. The Hall–Kier alpha value is -1.53. The Morgan fingerprint density at radius 1 is 1.33 bits per heavy atom. The van der Waals surface area contributed by atoms with E-state index in [1.807, 2.05) is 12.1 Å². The van der Waals surface area contributed by atoms with Gasteiger partial charge in [-0.05, 0) is 34.5 Å². The lowest BCUT2D eigenvalue weighted by Crippen LogP contribution is -2.04. The Morgan fingerprint density at radius 2 is 2.19 bits per heavy atom. The standard InChI is InChI=1S/C15H15BrN4S/c1-2-7-17-15-18-9-11(16)14(20-15)21-13-8-10-5-3-4-6-12(10)19-13/h3-6,8-9,19H,2,7H2,1H3,(H,17,18,20). The van der Waals surface area contributed by atoms with Crippen molar-refractivity contribution in [3.05, 3.63) is 41.0 Å². The van der Waals surface area contributed by atoms with Crippen LogP contribution in [0.5, 0.6) is 0 Å². The molecule has 0 bridgehead atoms. The number of nitrogens with zero attached hydrogens (tertiary/aromatic N) is 2. The summed E-state index contributed by atoms with van der Waals surface area (Å²) in [6.07, 6.45) is 2.83. The Bertz CT molecular complexity index is 723. The summed E-state index contributed by atoms with van der Waals surface area (Å²) in [5.74, 6) is 0.665. The Balaban J connectivity index is 1.86. The molecular formula is C15H15BrN4S. The van der Waals surface area contributed by atoms with Crippen LogP contribution in [-0.4, -0.2) is 21.5 Å². The molecule has 0 atom stereocenters. The van der Waals surface area contributed by atoms with Crippen LogP contribution in [0.1, 0.15) is 13.3 Å². The van der Waals surface area contributed by atoms with Gasteiger partial charge in [0, 0.05) is 23.6 Å². The van der Waals surface area contributed by atoms with E-state index < -0.39 is 0 Å². The van der Waals surface area contributed by atoms with Gasteiger partial charge in [0.25, 0.3) is 0 Å². The molecule has 2 aromatic heterocycles. The van der Waals surface area contributed by atoms with Gasteiger partial charge >= 0.3 is 0 Å². The van der Waals surface area contributed by atoms with E-state index in [4.69, 9.17) is 0 Å². The molecule has 2 N–H and O–H groups in total. The monoisotopic (exact) mass is 362 g/mol. The second kappa shape index (κ2) is 6.49. The fourth-order valence-electron chi connectivity index (χ4n) is 1.95. The number of nitrogens with one attached hydrogen (secondary N) is 2. The Kier molecular flexibility index (Phi) is 4.45. The van der Waals surface area contributed by atoms with Crippen molar-refractivity contribution in [1.82, 2.24) is 15.0 Å². The van der Waals surface area contributed by atoms with E-state index in [0.717, 1.165) is 33.0 Å². The second-order valence-corrected chi connectivity index (χ2v) is 6.48. The molecule has 1 aromatic carbocycles. The number of anilines is 1. The number of hydrogen-bond donors (Lipinski definition) is 2. The number of H-pyrrole nitrogens is 1. The van der Waals surface area contributed by atoms with Gasteiger partial charge in [-0.1, -0.05) is 36.9 Å². The van der Waals surface area contributed by atoms with Gasteiger partial charge in [-0.2, -0.15) is 0 Å². The quantitative estimate of drug-likeness (QED) is 0.646. The van der Waals surface area contributed by atoms with E-state index >= 15 is 0 Å². The maximum atomic E-state index is 4.55. The van der Waals surface area contributed by atoms with Gasteiger partial charge in [0.2, 0.25) is 5.95 Å². The molecule has 0 fully saturated rings. The second-order valence-electron chi connectivity index (χ2n) is 4.60. The van der Waals surface area contributed by atoms with Gasteiger partial charge in [-0.15, -0.1) is 0 Å². The normalized spacial score (nSPS) is 11.0. The molecule has 0 spiro atoms. The van der Waals surface area contributed by atoms with E-state index in [1.54, 1.807) is 18.0 Å². The zero-order chi connectivity index (χ0) is 14.7. The minimum atomic E-state index is 0.665. The first-order valence-electron chi connectivity index (χ1n) is 6.78. The molecule has 4 nitrogen and oxygen atoms in total. The number of rotatable bonds is 5. The number of halogens is 1. The van der Waals surface area contributed by atoms with Gasteiger partial charge in [-0.25, -0.2) is 9.97 Å². The lowest BCUT2D eigenvalue weighted by atomic mass is 10.3. The van der Waals surface area contributed by atoms with Crippen molar-refractivity contribution in [2.24, 2.45) is 0 Å². The van der Waals surface area contributed by atoms with Crippen LogP contribution >= 0.6 is 27.7 Å². The predicted octanol–water partition coefficient (Wildman–Crippen LogP) is 4.69. The van der Waals surface area contributed by atoms with Crippen molar-refractivity contribution in [1.29, 1.82) is 0 Å². The fraction of sp³-hybridized carbons (Fsp3) is 0.200. The summed E-state index contributed by atoms with van der Waals surface area (Å²) in [5.41, 5.74) is 1.13. The van der Waals surface area contributed by atoms with Crippen molar-refractivity contribution < 1.29 is 0 Å². The average Bonchev–Trinajstić information content (AvgIpc) is 2.90. The van der Waals surface area contributed by atoms with Crippen LogP contribution in [0.25, 0.3) is 10.9 Å². The minimum absolute atomic E-state index is 0.665. The molecule has 0 saturated carbocycles. The maximum Gasteiger partial charge on any atom is 0.223 e. The van der Waals surface area contributed by atoms with Crippen molar-refractivity contribution in [3.8, 4) is 0 Å². The van der Waals surface area contributed by atoms with Crippen LogP contribution in [-0.2, 0) is 0 Å². The van der Waals surface area contributed by atoms with Crippen LogP contribution in [0.15, 0.2) is 51.1 Å². The highest BCUT2D eigenvalue weighted by Gasteiger charge is 2.09. The van der Waals surface area contributed by atoms with Crippen LogP contribution in [0.2, 0.25) is 0 Å². The Morgan fingerprint density at radius 3 is 3.00 bits per heavy atom. The number of aromatic amines is 1. The molecule has 6 heteroatoms. The van der Waals surface area contributed by atoms with E-state index in [1.165, 1.54) is 5.39 Å². The predicted molar refractivity (Wildman–Crippen MR) is 90.9 cm³/mol. The van der Waals surface area contributed by atoms with Crippen LogP contribution in [0, 0.1) is 0 Å². The molecular weight excluding hydrogens is 348 g/mol. The number of fused-ring (bicyclic) bond motifs is 1. The molecule has 2 heterocycles. The molecule has 21 heavy (non-hydrogen) atoms. The minimum Gasteiger partial charge on any atom is -0.354 e. The van der Waals surface area contributed by atoms with Crippen molar-refractivity contribution >= 4 is 44.5 Å². The molecule has 0 aliphatic carbocycles. The highest BCUT2D eigenvalue weighted by atomic mass is 79.9. The number of para-hydroxylation sites is 1. The van der Waals surface area contributed by atoms with Gasteiger partial charge in [-0.3, -0.25) is 0 Å². The highest BCUT2D eigenvalue weighted by molar-refractivity contribution is 9.10. The largest absolute Gasteiger partial charge is 0.354 e. The molecule has 0 amide bonds. The van der Waals surface area contributed by atoms with Gasteiger partial charge < -0.3 is 10.3 Å². The highest BCUT2D eigenvalue weighted by Crippen LogP contribution is 2.33. The third kappa shape index (κ3) is 3.39. The third-order valence-electron chi connectivity index (χ3n) is 2.96. The summed E-state index contributed by atoms with van der Waals surface area (Å²) in [7, 11) is 0. The molecule has 3 rings (SSSR count). The van der Waals surface area contributed by atoms with E-state index in [-0.39, 0.29) is 0 Å². The molecule has 0 aliphatic rings. The molecule has 3 aromatic rings. The zero-order valence-corrected chi connectivity index (χ0v) is 14.0. The third-order valence-corrected chi connectivity index (χ3v) is 4.74. The molecule has 0 saturated heterocycles. The van der Waals surface area contributed by atoms with Crippen molar-refractivity contribution in [2.75, 3.05) is 11.9 Å². The maximum absolute atomic E-state index is 4.55. The van der Waals surface area contributed by atoms with Crippen LogP contribution < -0.4 is 5.32 Å². The molecule has 0 radical (unpaired) electrons. The summed E-state index contributed by atoms with van der Waals surface area (Å²) < 4.78 is 0.896. The van der Waals surface area contributed by atoms with Gasteiger partial charge in [0.1, 0.15) is 5.03 Å². The SMILES string of the molecule is CCCNc1ncc(Br)c(Sc2cc3ccccc3[nH]2)n1. The van der Waals surface area contributed by atoms with Gasteiger partial charge in [0.15, 0.2) is 0 Å². The molecule has 0 unspecified atom stereocenters. The van der Waals surface area contributed by atoms with E-state index in [0.29, 0.717) is 5.95 Å². The Labute approximate surface area is 135 Å². The number of aromatic nitrogens is 3. The van der Waals surface area contributed by atoms with E-state index in [2.05, 4.69) is 61.3 Å². The first kappa shape index (κ1) is 14.4. The summed E-state index contributed by atoms with van der Waals surface area (Å²) in [6, 6.07) is 10.4. The molecule has 108 valence electrons. The first-order valence-corrected chi connectivity index (χ1v) is 8.39. The lowest BCUT2D eigenvalue weighted by Gasteiger charge is -2.06. The summed E-state index contributed by atoms with van der Waals surface area (Å²) >= 11 is 5.11. The fourth-order valence-corrected chi connectivity index (χ4v) is 3.22. The van der Waals surface area contributed by atoms with Crippen LogP contribution in [0.3, 0.4) is 0 Å². The van der Waals surface area contributed by atoms with Crippen molar-refractivity contribution in [2.45, 2.75) is 23.4 Å². The van der Waals surface area contributed by atoms with E-state index in [9.17, 15) is 0 Å². The topological polar surface area (TPSA) is 53.6 Å². The first-order chi connectivity index (χ1) is 10.3. The molecule has 0 aliphatic heterocycles. The lowest BCUT2D eigenvalue weighted by molar-refractivity contribution is 0.930. The number of benzene rings is 1. The van der Waals surface area contributed by atoms with Gasteiger partial charge in [0.05, 0.1) is 9.50 Å². The smallest absolute Gasteiger partial charge is 0.223 e. The number of hydrogen-bond acceptors (Lipinski definition) is 4. The van der Waals surface area contributed by atoms with Crippen LogP contribution in [0.4, 0.5) is 5.95 Å². The summed E-state index contributed by atoms with van der Waals surface area (Å²) in [5, 5.41) is 6.38. The summed E-state index contributed by atoms with van der Waals surface area (Å²) in [4.78, 5) is 12.2. The summed E-state index contributed by atoms with van der Waals surface area (Å²) in [6.45, 7) is 2.99. The average molecular weight is 363 g/mol.